The number of hydrogen-bond acceptors (Lipinski definition) is 4. The summed E-state index contributed by atoms with van der Waals surface area (Å²) in [4.78, 5) is 6.04. The van der Waals surface area contributed by atoms with Crippen LogP contribution in [-0.4, -0.2) is 22.7 Å². The van der Waals surface area contributed by atoms with Crippen LogP contribution in [0.3, 0.4) is 0 Å². The Bertz CT molecular complexity index is 290. The molecular formula is C10H16N2OS. The van der Waals surface area contributed by atoms with Crippen LogP contribution >= 0.6 is 11.3 Å². The van der Waals surface area contributed by atoms with E-state index in [2.05, 4.69) is 10.3 Å². The number of hydrogen-bond donors (Lipinski definition) is 2. The van der Waals surface area contributed by atoms with Gasteiger partial charge in [-0.15, -0.1) is 11.3 Å². The molecule has 1 aromatic heterocycles. The highest BCUT2D eigenvalue weighted by atomic mass is 32.1. The van der Waals surface area contributed by atoms with Gasteiger partial charge in [-0.2, -0.15) is 0 Å². The molecule has 0 saturated carbocycles. The van der Waals surface area contributed by atoms with Crippen molar-refractivity contribution in [2.24, 2.45) is 0 Å². The number of rotatable bonds is 4. The zero-order chi connectivity index (χ0) is 9.97. The molecule has 78 valence electrons. The molecule has 0 fully saturated rings. The summed E-state index contributed by atoms with van der Waals surface area (Å²) in [5.74, 6) is 0. The number of aromatic nitrogens is 1. The average Bonchev–Trinajstić information content (AvgIpc) is 2.73. The normalized spacial score (nSPS) is 17.0. The second-order valence-corrected chi connectivity index (χ2v) is 4.96. The first-order valence-corrected chi connectivity index (χ1v) is 5.93. The van der Waals surface area contributed by atoms with Crippen LogP contribution in [0.2, 0.25) is 0 Å². The van der Waals surface area contributed by atoms with Crippen molar-refractivity contribution in [2.45, 2.75) is 38.8 Å². The van der Waals surface area contributed by atoms with E-state index in [-0.39, 0.29) is 12.6 Å². The van der Waals surface area contributed by atoms with Gasteiger partial charge in [0.25, 0.3) is 0 Å². The summed E-state index contributed by atoms with van der Waals surface area (Å²) in [6.45, 7) is 2.95. The van der Waals surface area contributed by atoms with Crippen LogP contribution in [0.25, 0.3) is 0 Å². The van der Waals surface area contributed by atoms with Crippen molar-refractivity contribution in [3.8, 4) is 0 Å². The molecule has 1 heterocycles. The molecule has 1 aliphatic carbocycles. The van der Waals surface area contributed by atoms with Gasteiger partial charge in [-0.1, -0.05) is 0 Å². The fraction of sp³-hybridized carbons (Fsp3) is 0.700. The molecule has 0 radical (unpaired) electrons. The Hall–Kier alpha value is -0.450. The lowest BCUT2D eigenvalue weighted by Crippen LogP contribution is -2.28. The number of nitrogens with one attached hydrogen (secondary N) is 1. The van der Waals surface area contributed by atoms with Crippen LogP contribution in [0.1, 0.15) is 28.9 Å². The molecule has 4 heteroatoms. The van der Waals surface area contributed by atoms with Crippen LogP contribution < -0.4 is 5.32 Å². The number of thiazole rings is 1. The van der Waals surface area contributed by atoms with E-state index in [1.165, 1.54) is 23.4 Å². The Balaban J connectivity index is 1.91. The van der Waals surface area contributed by atoms with Crippen molar-refractivity contribution < 1.29 is 5.11 Å². The van der Waals surface area contributed by atoms with Gasteiger partial charge in [-0.25, -0.2) is 4.98 Å². The largest absolute Gasteiger partial charge is 0.395 e. The van der Waals surface area contributed by atoms with Crippen molar-refractivity contribution in [3.05, 3.63) is 15.6 Å². The molecule has 0 amide bonds. The first kappa shape index (κ1) is 10.1. The maximum atomic E-state index is 8.85. The molecule has 1 atom stereocenters. The highest BCUT2D eigenvalue weighted by Gasteiger charge is 2.16. The van der Waals surface area contributed by atoms with Crippen LogP contribution in [-0.2, 0) is 19.4 Å². The van der Waals surface area contributed by atoms with Crippen LogP contribution in [0.4, 0.5) is 0 Å². The second-order valence-electron chi connectivity index (χ2n) is 3.80. The molecule has 0 aromatic carbocycles. The fourth-order valence-electron chi connectivity index (χ4n) is 1.65. The van der Waals surface area contributed by atoms with Crippen LogP contribution in [0, 0.1) is 0 Å². The molecule has 0 bridgehead atoms. The second kappa shape index (κ2) is 4.38. The van der Waals surface area contributed by atoms with Crippen molar-refractivity contribution in [1.29, 1.82) is 0 Å². The summed E-state index contributed by atoms with van der Waals surface area (Å²) in [6, 6.07) is 0.161. The minimum atomic E-state index is 0.161. The van der Waals surface area contributed by atoms with Crippen molar-refractivity contribution in [3.63, 3.8) is 0 Å². The third kappa shape index (κ3) is 2.13. The number of fused-ring (bicyclic) bond motifs is 1. The minimum Gasteiger partial charge on any atom is -0.395 e. The first-order valence-electron chi connectivity index (χ1n) is 5.11. The summed E-state index contributed by atoms with van der Waals surface area (Å²) in [7, 11) is 0. The standard InChI is InChI=1S/C10H16N2OS/c1-7(6-13)11-5-10-12-8-3-2-4-9(8)14-10/h7,11,13H,2-6H2,1H3. The van der Waals surface area contributed by atoms with Gasteiger partial charge in [-0.3, -0.25) is 0 Å². The third-order valence-electron chi connectivity index (χ3n) is 2.52. The molecule has 3 nitrogen and oxygen atoms in total. The number of nitrogens with zero attached hydrogens (tertiary/aromatic N) is 1. The Morgan fingerprint density at radius 1 is 1.57 bits per heavy atom. The molecule has 14 heavy (non-hydrogen) atoms. The van der Waals surface area contributed by atoms with E-state index in [9.17, 15) is 0 Å². The highest BCUT2D eigenvalue weighted by Crippen LogP contribution is 2.27. The summed E-state index contributed by atoms with van der Waals surface area (Å²) in [6.07, 6.45) is 3.64. The van der Waals surface area contributed by atoms with Gasteiger partial charge in [0.2, 0.25) is 0 Å². The zero-order valence-corrected chi connectivity index (χ0v) is 9.23. The van der Waals surface area contributed by atoms with Gasteiger partial charge >= 0.3 is 0 Å². The smallest absolute Gasteiger partial charge is 0.107 e. The minimum absolute atomic E-state index is 0.161. The quantitative estimate of drug-likeness (QED) is 0.785. The number of aliphatic hydroxyl groups is 1. The van der Waals surface area contributed by atoms with E-state index in [4.69, 9.17) is 5.11 Å². The summed E-state index contributed by atoms with van der Waals surface area (Å²) >= 11 is 1.82. The highest BCUT2D eigenvalue weighted by molar-refractivity contribution is 7.11. The van der Waals surface area contributed by atoms with E-state index in [1.54, 1.807) is 0 Å². The maximum Gasteiger partial charge on any atom is 0.107 e. The van der Waals surface area contributed by atoms with Crippen molar-refractivity contribution in [2.75, 3.05) is 6.61 Å². The lowest BCUT2D eigenvalue weighted by molar-refractivity contribution is 0.251. The molecular weight excluding hydrogens is 196 g/mol. The molecule has 0 saturated heterocycles. The lowest BCUT2D eigenvalue weighted by atomic mass is 10.3. The Morgan fingerprint density at radius 3 is 3.14 bits per heavy atom. The molecule has 0 aliphatic heterocycles. The summed E-state index contributed by atoms with van der Waals surface area (Å²) in [5, 5.41) is 13.2. The predicted molar refractivity (Wildman–Crippen MR) is 57.5 cm³/mol. The lowest BCUT2D eigenvalue weighted by Gasteiger charge is -2.07. The van der Waals surface area contributed by atoms with E-state index >= 15 is 0 Å². The topological polar surface area (TPSA) is 45.1 Å². The zero-order valence-electron chi connectivity index (χ0n) is 8.42. The van der Waals surface area contributed by atoms with Gasteiger partial charge in [0.1, 0.15) is 5.01 Å². The molecule has 1 aliphatic rings. The third-order valence-corrected chi connectivity index (χ3v) is 3.67. The fourth-order valence-corrected chi connectivity index (χ4v) is 2.75. The predicted octanol–water partition coefficient (Wildman–Crippen LogP) is 1.10. The van der Waals surface area contributed by atoms with E-state index in [0.717, 1.165) is 18.0 Å². The first-order chi connectivity index (χ1) is 6.79. The van der Waals surface area contributed by atoms with Gasteiger partial charge in [0.05, 0.1) is 12.3 Å². The maximum absolute atomic E-state index is 8.85. The van der Waals surface area contributed by atoms with Crippen molar-refractivity contribution >= 4 is 11.3 Å². The van der Waals surface area contributed by atoms with Crippen LogP contribution in [0.15, 0.2) is 0 Å². The van der Waals surface area contributed by atoms with E-state index < -0.39 is 0 Å². The van der Waals surface area contributed by atoms with Gasteiger partial charge in [0, 0.05) is 17.5 Å². The number of aliphatic hydroxyl groups excluding tert-OH is 1. The summed E-state index contributed by atoms with van der Waals surface area (Å²) < 4.78 is 0. The molecule has 2 rings (SSSR count). The van der Waals surface area contributed by atoms with E-state index in [1.807, 2.05) is 18.3 Å². The summed E-state index contributed by atoms with van der Waals surface area (Å²) in [5.41, 5.74) is 1.31. The monoisotopic (exact) mass is 212 g/mol. The van der Waals surface area contributed by atoms with Crippen LogP contribution in [0.5, 0.6) is 0 Å². The Morgan fingerprint density at radius 2 is 2.43 bits per heavy atom. The Kier molecular flexibility index (Phi) is 3.15. The van der Waals surface area contributed by atoms with Crippen molar-refractivity contribution in [1.82, 2.24) is 10.3 Å². The van der Waals surface area contributed by atoms with Gasteiger partial charge < -0.3 is 10.4 Å². The SMILES string of the molecule is CC(CO)NCc1nc2c(s1)CCC2. The molecule has 0 spiro atoms. The van der Waals surface area contributed by atoms with E-state index in [0.29, 0.717) is 0 Å². The molecule has 1 aromatic rings. The molecule has 2 N–H and O–H groups in total. The van der Waals surface area contributed by atoms with Gasteiger partial charge in [-0.05, 0) is 26.2 Å². The average molecular weight is 212 g/mol. The molecule has 1 unspecified atom stereocenters. The number of aryl methyl sites for hydroxylation is 2. The Labute approximate surface area is 88.2 Å². The van der Waals surface area contributed by atoms with Gasteiger partial charge in [0.15, 0.2) is 0 Å².